The van der Waals surface area contributed by atoms with E-state index in [-0.39, 0.29) is 29.8 Å². The lowest BCUT2D eigenvalue weighted by atomic mass is 9.95. The number of ether oxygens (including phenoxy) is 2. The molecule has 3 heterocycles. The van der Waals surface area contributed by atoms with E-state index in [2.05, 4.69) is 21.2 Å². The summed E-state index contributed by atoms with van der Waals surface area (Å²) >= 11 is 0. The number of nitrogens with one attached hydrogen (secondary N) is 3. The number of pyridine rings is 1. The van der Waals surface area contributed by atoms with Gasteiger partial charge in [-0.2, -0.15) is 0 Å². The van der Waals surface area contributed by atoms with Gasteiger partial charge < -0.3 is 19.7 Å². The first-order valence-electron chi connectivity index (χ1n) is 10.8. The van der Waals surface area contributed by atoms with E-state index in [1.165, 1.54) is 0 Å². The summed E-state index contributed by atoms with van der Waals surface area (Å²) in [6.45, 7) is 1.11. The average molecular weight is 440 g/mol. The SMILES string of the molecule is COc1ccc(OC)c(NC(=O)C2CCN(C(=O)C3CC(c4ccccn4)NN3)CC2)c1. The number of aromatic nitrogens is 1. The third-order valence-corrected chi connectivity index (χ3v) is 6.09. The molecule has 1 aromatic heterocycles. The van der Waals surface area contributed by atoms with E-state index in [0.29, 0.717) is 49.5 Å². The number of rotatable bonds is 6. The van der Waals surface area contributed by atoms with Crippen molar-refractivity contribution in [1.82, 2.24) is 20.7 Å². The second kappa shape index (κ2) is 9.97. The van der Waals surface area contributed by atoms with Crippen LogP contribution in [0.15, 0.2) is 42.6 Å². The van der Waals surface area contributed by atoms with E-state index in [0.717, 1.165) is 5.69 Å². The molecule has 2 saturated heterocycles. The molecule has 9 heteroatoms. The van der Waals surface area contributed by atoms with E-state index in [9.17, 15) is 9.59 Å². The lowest BCUT2D eigenvalue weighted by Crippen LogP contribution is -2.49. The highest BCUT2D eigenvalue weighted by Gasteiger charge is 2.35. The highest BCUT2D eigenvalue weighted by atomic mass is 16.5. The summed E-state index contributed by atoms with van der Waals surface area (Å²) in [6.07, 6.45) is 3.64. The Morgan fingerprint density at radius 2 is 1.91 bits per heavy atom. The zero-order valence-corrected chi connectivity index (χ0v) is 18.3. The van der Waals surface area contributed by atoms with Gasteiger partial charge in [-0.1, -0.05) is 6.07 Å². The van der Waals surface area contributed by atoms with Crippen LogP contribution in [0.2, 0.25) is 0 Å². The van der Waals surface area contributed by atoms with Crippen molar-refractivity contribution >= 4 is 17.5 Å². The number of carbonyl (C=O) groups is 2. The van der Waals surface area contributed by atoms with Crippen molar-refractivity contribution in [3.05, 3.63) is 48.3 Å². The highest BCUT2D eigenvalue weighted by molar-refractivity contribution is 5.94. The van der Waals surface area contributed by atoms with Gasteiger partial charge in [-0.3, -0.25) is 14.6 Å². The van der Waals surface area contributed by atoms with Gasteiger partial charge in [0.25, 0.3) is 0 Å². The Bertz CT molecular complexity index is 947. The molecule has 32 heavy (non-hydrogen) atoms. The minimum atomic E-state index is -0.298. The maximum Gasteiger partial charge on any atom is 0.241 e. The maximum atomic E-state index is 13.0. The molecule has 0 radical (unpaired) electrons. The van der Waals surface area contributed by atoms with Crippen molar-refractivity contribution in [3.63, 3.8) is 0 Å². The second-order valence-electron chi connectivity index (χ2n) is 8.04. The lowest BCUT2D eigenvalue weighted by Gasteiger charge is -2.33. The molecule has 0 bridgehead atoms. The predicted octanol–water partition coefficient (Wildman–Crippen LogP) is 1.88. The zero-order chi connectivity index (χ0) is 22.5. The van der Waals surface area contributed by atoms with Gasteiger partial charge in [0.1, 0.15) is 17.5 Å². The summed E-state index contributed by atoms with van der Waals surface area (Å²) in [5.74, 6) is 1.05. The molecule has 2 fully saturated rings. The first kappa shape index (κ1) is 22.0. The van der Waals surface area contributed by atoms with Gasteiger partial charge in [0.15, 0.2) is 0 Å². The molecule has 2 atom stereocenters. The van der Waals surface area contributed by atoms with Crippen LogP contribution in [0.25, 0.3) is 0 Å². The van der Waals surface area contributed by atoms with Crippen molar-refractivity contribution < 1.29 is 19.1 Å². The van der Waals surface area contributed by atoms with Crippen molar-refractivity contribution in [2.45, 2.75) is 31.3 Å². The quantitative estimate of drug-likeness (QED) is 0.631. The molecule has 2 aromatic rings. The van der Waals surface area contributed by atoms with Crippen LogP contribution < -0.4 is 25.6 Å². The van der Waals surface area contributed by atoms with Crippen LogP contribution in [-0.4, -0.2) is 55.0 Å². The number of nitrogens with zero attached hydrogens (tertiary/aromatic N) is 2. The molecule has 2 aliphatic heterocycles. The number of hydrazine groups is 1. The van der Waals surface area contributed by atoms with E-state index < -0.39 is 0 Å². The molecule has 2 unspecified atom stereocenters. The summed E-state index contributed by atoms with van der Waals surface area (Å²) in [4.78, 5) is 32.0. The van der Waals surface area contributed by atoms with Crippen LogP contribution in [0.3, 0.4) is 0 Å². The number of methoxy groups -OCH3 is 2. The molecule has 0 aliphatic carbocycles. The van der Waals surface area contributed by atoms with Crippen LogP contribution in [0.4, 0.5) is 5.69 Å². The first-order chi connectivity index (χ1) is 15.6. The van der Waals surface area contributed by atoms with Crippen LogP contribution in [-0.2, 0) is 9.59 Å². The van der Waals surface area contributed by atoms with E-state index in [1.807, 2.05) is 23.1 Å². The third-order valence-electron chi connectivity index (χ3n) is 6.09. The molecule has 1 aromatic carbocycles. The van der Waals surface area contributed by atoms with Gasteiger partial charge in [0.2, 0.25) is 11.8 Å². The molecule has 170 valence electrons. The Labute approximate surface area is 187 Å². The summed E-state index contributed by atoms with van der Waals surface area (Å²) < 4.78 is 10.6. The Morgan fingerprint density at radius 1 is 1.09 bits per heavy atom. The summed E-state index contributed by atoms with van der Waals surface area (Å²) in [5, 5.41) is 2.95. The van der Waals surface area contributed by atoms with Crippen molar-refractivity contribution in [2.24, 2.45) is 5.92 Å². The Kier molecular flexibility index (Phi) is 6.87. The van der Waals surface area contributed by atoms with Gasteiger partial charge in [0.05, 0.1) is 31.6 Å². The van der Waals surface area contributed by atoms with Gasteiger partial charge >= 0.3 is 0 Å². The predicted molar refractivity (Wildman–Crippen MR) is 119 cm³/mol. The number of hydrogen-bond acceptors (Lipinski definition) is 7. The largest absolute Gasteiger partial charge is 0.497 e. The number of anilines is 1. The minimum Gasteiger partial charge on any atom is -0.497 e. The third kappa shape index (κ3) is 4.84. The monoisotopic (exact) mass is 439 g/mol. The average Bonchev–Trinajstić information content (AvgIpc) is 3.34. The van der Waals surface area contributed by atoms with Crippen molar-refractivity contribution in [2.75, 3.05) is 32.6 Å². The molecule has 3 N–H and O–H groups in total. The Morgan fingerprint density at radius 3 is 2.59 bits per heavy atom. The number of likely N-dealkylation sites (tertiary alicyclic amines) is 1. The number of carbonyl (C=O) groups excluding carboxylic acids is 2. The highest BCUT2D eigenvalue weighted by Crippen LogP contribution is 2.30. The Hall–Kier alpha value is -3.17. The fourth-order valence-corrected chi connectivity index (χ4v) is 4.22. The second-order valence-corrected chi connectivity index (χ2v) is 8.04. The normalized spacial score (nSPS) is 21.2. The van der Waals surface area contributed by atoms with Crippen molar-refractivity contribution in [3.8, 4) is 11.5 Å². The summed E-state index contributed by atoms with van der Waals surface area (Å²) in [6, 6.07) is 10.8. The van der Waals surface area contributed by atoms with E-state index >= 15 is 0 Å². The van der Waals surface area contributed by atoms with Crippen LogP contribution in [0.5, 0.6) is 11.5 Å². The number of hydrogen-bond donors (Lipinski definition) is 3. The molecule has 0 spiro atoms. The smallest absolute Gasteiger partial charge is 0.241 e. The van der Waals surface area contributed by atoms with Crippen LogP contribution >= 0.6 is 0 Å². The van der Waals surface area contributed by atoms with Crippen LogP contribution in [0.1, 0.15) is 31.0 Å². The zero-order valence-electron chi connectivity index (χ0n) is 18.3. The fraction of sp³-hybridized carbons (Fsp3) is 0.435. The standard InChI is InChI=1S/C23H29N5O4/c1-31-16-6-7-21(32-2)19(13-16)25-22(29)15-8-11-28(12-9-15)23(30)20-14-18(26-27-20)17-5-3-4-10-24-17/h3-7,10,13,15,18,20,26-27H,8-9,11-12,14H2,1-2H3,(H,25,29). The molecular weight excluding hydrogens is 410 g/mol. The van der Waals surface area contributed by atoms with Gasteiger partial charge in [-0.05, 0) is 43.5 Å². The number of piperidine rings is 1. The number of benzene rings is 1. The molecular formula is C23H29N5O4. The number of amides is 2. The lowest BCUT2D eigenvalue weighted by molar-refractivity contribution is -0.136. The van der Waals surface area contributed by atoms with E-state index in [4.69, 9.17) is 9.47 Å². The van der Waals surface area contributed by atoms with Crippen molar-refractivity contribution in [1.29, 1.82) is 0 Å². The minimum absolute atomic E-state index is 0.00584. The van der Waals surface area contributed by atoms with E-state index in [1.54, 1.807) is 38.6 Å². The molecule has 4 rings (SSSR count). The maximum absolute atomic E-state index is 13.0. The summed E-state index contributed by atoms with van der Waals surface area (Å²) in [7, 11) is 3.14. The summed E-state index contributed by atoms with van der Waals surface area (Å²) in [5.41, 5.74) is 7.77. The van der Waals surface area contributed by atoms with Gasteiger partial charge in [0, 0.05) is 31.3 Å². The van der Waals surface area contributed by atoms with Gasteiger partial charge in [-0.15, -0.1) is 0 Å². The Balaban J connectivity index is 1.29. The van der Waals surface area contributed by atoms with Gasteiger partial charge in [-0.25, -0.2) is 10.9 Å². The molecule has 9 nitrogen and oxygen atoms in total. The van der Waals surface area contributed by atoms with Crippen LogP contribution in [0, 0.1) is 5.92 Å². The molecule has 0 saturated carbocycles. The first-order valence-corrected chi connectivity index (χ1v) is 10.8. The topological polar surface area (TPSA) is 105 Å². The molecule has 2 aliphatic rings. The fourth-order valence-electron chi connectivity index (χ4n) is 4.22. The molecule has 2 amide bonds.